The third-order valence-electron chi connectivity index (χ3n) is 2.96. The van der Waals surface area contributed by atoms with Gasteiger partial charge in [0.1, 0.15) is 16.5 Å². The van der Waals surface area contributed by atoms with Crippen LogP contribution in [-0.4, -0.2) is 15.0 Å². The molecule has 0 spiro atoms. The summed E-state index contributed by atoms with van der Waals surface area (Å²) in [5.41, 5.74) is 7.00. The van der Waals surface area contributed by atoms with E-state index in [1.54, 1.807) is 12.4 Å². The van der Waals surface area contributed by atoms with Crippen molar-refractivity contribution < 1.29 is 0 Å². The predicted octanol–water partition coefficient (Wildman–Crippen LogP) is 3.01. The Kier molecular flexibility index (Phi) is 3.26. The smallest absolute Gasteiger partial charge is 0.148 e. The molecule has 0 saturated carbocycles. The number of nitrogens with one attached hydrogen (secondary N) is 1. The highest BCUT2D eigenvalue weighted by Gasteiger charge is 2.03. The Morgan fingerprint density at radius 3 is 2.55 bits per heavy atom. The summed E-state index contributed by atoms with van der Waals surface area (Å²) in [6, 6.07) is 14.2. The Morgan fingerprint density at radius 2 is 1.80 bits per heavy atom. The van der Waals surface area contributed by atoms with E-state index < -0.39 is 0 Å². The minimum Gasteiger partial charge on any atom is -0.388 e. The molecule has 0 unspecified atom stereocenters. The Hall–Kier alpha value is -2.53. The lowest BCUT2D eigenvalue weighted by Crippen LogP contribution is -2.12. The Balaban J connectivity index is 1.95. The van der Waals surface area contributed by atoms with E-state index in [0.29, 0.717) is 11.5 Å². The Bertz CT molecular complexity index is 763. The molecule has 20 heavy (non-hydrogen) atoms. The van der Waals surface area contributed by atoms with Crippen LogP contribution in [-0.2, 0) is 0 Å². The second-order valence-electron chi connectivity index (χ2n) is 4.30. The largest absolute Gasteiger partial charge is 0.388 e. The maximum atomic E-state index is 5.50. The number of hydrogen-bond donors (Lipinski definition) is 2. The van der Waals surface area contributed by atoms with Crippen LogP contribution >= 0.6 is 12.2 Å². The van der Waals surface area contributed by atoms with Crippen LogP contribution in [0, 0.1) is 0 Å². The van der Waals surface area contributed by atoms with E-state index in [0.717, 1.165) is 11.1 Å². The number of aromatic nitrogens is 2. The van der Waals surface area contributed by atoms with Gasteiger partial charge in [0.15, 0.2) is 0 Å². The Labute approximate surface area is 121 Å². The summed E-state index contributed by atoms with van der Waals surface area (Å²) in [5.74, 6) is 0.654. The number of nitrogens with zero attached hydrogens (tertiary/aromatic N) is 2. The molecule has 0 aliphatic rings. The van der Waals surface area contributed by atoms with Gasteiger partial charge in [0.2, 0.25) is 0 Å². The summed E-state index contributed by atoms with van der Waals surface area (Å²) in [6.45, 7) is 0. The number of fused-ring (bicyclic) bond motifs is 1. The molecule has 0 saturated heterocycles. The molecule has 98 valence electrons. The summed E-state index contributed by atoms with van der Waals surface area (Å²) in [4.78, 5) is 8.67. The van der Waals surface area contributed by atoms with Gasteiger partial charge in [0.25, 0.3) is 0 Å². The van der Waals surface area contributed by atoms with Gasteiger partial charge in [-0.2, -0.15) is 0 Å². The summed E-state index contributed by atoms with van der Waals surface area (Å²) < 4.78 is 0. The molecule has 0 amide bonds. The van der Waals surface area contributed by atoms with Crippen LogP contribution in [0.3, 0.4) is 0 Å². The fourth-order valence-corrected chi connectivity index (χ4v) is 2.10. The fraction of sp³-hybridized carbons (Fsp3) is 0. The minimum atomic E-state index is 0.245. The van der Waals surface area contributed by atoms with E-state index >= 15 is 0 Å². The molecule has 4 nitrogen and oxygen atoms in total. The SMILES string of the molecule is NC(=S)c1cnc(Nc2cccc3ccccc23)cn1. The molecule has 3 rings (SSSR count). The zero-order valence-electron chi connectivity index (χ0n) is 10.6. The van der Waals surface area contributed by atoms with Gasteiger partial charge in [-0.15, -0.1) is 0 Å². The van der Waals surface area contributed by atoms with Gasteiger partial charge in [-0.1, -0.05) is 48.6 Å². The second-order valence-corrected chi connectivity index (χ2v) is 4.74. The average Bonchev–Trinajstić information content (AvgIpc) is 2.48. The molecular weight excluding hydrogens is 268 g/mol. The maximum absolute atomic E-state index is 5.50. The maximum Gasteiger partial charge on any atom is 0.148 e. The first kappa shape index (κ1) is 12.5. The summed E-state index contributed by atoms with van der Waals surface area (Å²) in [7, 11) is 0. The highest BCUT2D eigenvalue weighted by Crippen LogP contribution is 2.25. The summed E-state index contributed by atoms with van der Waals surface area (Å²) in [6.07, 6.45) is 3.19. The molecule has 0 bridgehead atoms. The van der Waals surface area contributed by atoms with E-state index in [9.17, 15) is 0 Å². The first-order chi connectivity index (χ1) is 9.74. The van der Waals surface area contributed by atoms with Crippen LogP contribution < -0.4 is 11.1 Å². The minimum absolute atomic E-state index is 0.245. The van der Waals surface area contributed by atoms with E-state index in [-0.39, 0.29) is 4.99 Å². The van der Waals surface area contributed by atoms with Crippen molar-refractivity contribution >= 4 is 39.5 Å². The van der Waals surface area contributed by atoms with Crippen molar-refractivity contribution in [2.75, 3.05) is 5.32 Å². The first-order valence-corrected chi connectivity index (χ1v) is 6.51. The van der Waals surface area contributed by atoms with E-state index in [4.69, 9.17) is 18.0 Å². The molecular formula is C15H12N4S. The standard InChI is InChI=1S/C15H12N4S/c16-15(20)13-8-18-14(9-17-13)19-12-7-3-5-10-4-1-2-6-11(10)12/h1-9H,(H2,16,20)(H,18,19). The van der Waals surface area contributed by atoms with Crippen LogP contribution in [0.5, 0.6) is 0 Å². The molecule has 1 aromatic heterocycles. The van der Waals surface area contributed by atoms with Crippen molar-refractivity contribution in [3.63, 3.8) is 0 Å². The van der Waals surface area contributed by atoms with Gasteiger partial charge in [0, 0.05) is 11.1 Å². The molecule has 0 fully saturated rings. The summed E-state index contributed by atoms with van der Waals surface area (Å²) in [5, 5.41) is 5.56. The zero-order chi connectivity index (χ0) is 13.9. The van der Waals surface area contributed by atoms with Crippen LogP contribution in [0.2, 0.25) is 0 Å². The topological polar surface area (TPSA) is 63.8 Å². The predicted molar refractivity (Wildman–Crippen MR) is 85.2 cm³/mol. The second kappa shape index (κ2) is 5.22. The van der Waals surface area contributed by atoms with Crippen molar-refractivity contribution in [3.05, 3.63) is 60.6 Å². The molecule has 0 aliphatic carbocycles. The number of benzene rings is 2. The Morgan fingerprint density at radius 1 is 1.00 bits per heavy atom. The molecule has 0 radical (unpaired) electrons. The lowest BCUT2D eigenvalue weighted by Gasteiger charge is -2.09. The van der Waals surface area contributed by atoms with Gasteiger partial charge >= 0.3 is 0 Å². The normalized spacial score (nSPS) is 10.4. The van der Waals surface area contributed by atoms with Gasteiger partial charge in [-0.25, -0.2) is 9.97 Å². The molecule has 1 heterocycles. The van der Waals surface area contributed by atoms with Crippen molar-refractivity contribution in [3.8, 4) is 0 Å². The van der Waals surface area contributed by atoms with E-state index in [1.807, 2.05) is 24.3 Å². The van der Waals surface area contributed by atoms with Crippen LogP contribution in [0.25, 0.3) is 10.8 Å². The molecule has 5 heteroatoms. The monoisotopic (exact) mass is 280 g/mol. The van der Waals surface area contributed by atoms with Crippen LogP contribution in [0.15, 0.2) is 54.9 Å². The van der Waals surface area contributed by atoms with E-state index in [2.05, 4.69) is 33.5 Å². The van der Waals surface area contributed by atoms with Crippen molar-refractivity contribution in [2.24, 2.45) is 5.73 Å². The first-order valence-electron chi connectivity index (χ1n) is 6.11. The number of thiocarbonyl (C=S) groups is 1. The molecule has 3 aromatic rings. The van der Waals surface area contributed by atoms with E-state index in [1.165, 1.54) is 5.39 Å². The number of anilines is 2. The third-order valence-corrected chi connectivity index (χ3v) is 3.17. The number of rotatable bonds is 3. The molecule has 3 N–H and O–H groups in total. The average molecular weight is 280 g/mol. The molecule has 0 atom stereocenters. The van der Waals surface area contributed by atoms with Gasteiger partial charge in [0.05, 0.1) is 12.4 Å². The fourth-order valence-electron chi connectivity index (χ4n) is 1.99. The number of nitrogens with two attached hydrogens (primary N) is 1. The summed E-state index contributed by atoms with van der Waals surface area (Å²) >= 11 is 4.85. The van der Waals surface area contributed by atoms with Gasteiger partial charge in [-0.3, -0.25) is 0 Å². The van der Waals surface area contributed by atoms with Gasteiger partial charge < -0.3 is 11.1 Å². The van der Waals surface area contributed by atoms with Crippen molar-refractivity contribution in [1.82, 2.24) is 9.97 Å². The molecule has 2 aromatic carbocycles. The van der Waals surface area contributed by atoms with Crippen LogP contribution in [0.1, 0.15) is 5.69 Å². The quantitative estimate of drug-likeness (QED) is 0.722. The van der Waals surface area contributed by atoms with Crippen molar-refractivity contribution in [1.29, 1.82) is 0 Å². The van der Waals surface area contributed by atoms with Gasteiger partial charge in [-0.05, 0) is 11.5 Å². The van der Waals surface area contributed by atoms with Crippen molar-refractivity contribution in [2.45, 2.75) is 0 Å². The lowest BCUT2D eigenvalue weighted by atomic mass is 10.1. The zero-order valence-corrected chi connectivity index (χ0v) is 11.4. The highest BCUT2D eigenvalue weighted by molar-refractivity contribution is 7.80. The third kappa shape index (κ3) is 2.44. The highest BCUT2D eigenvalue weighted by atomic mass is 32.1. The number of hydrogen-bond acceptors (Lipinski definition) is 4. The lowest BCUT2D eigenvalue weighted by molar-refractivity contribution is 1.18. The van der Waals surface area contributed by atoms with Crippen LogP contribution in [0.4, 0.5) is 11.5 Å². The molecule has 0 aliphatic heterocycles.